The van der Waals surface area contributed by atoms with Gasteiger partial charge in [0.1, 0.15) is 4.92 Å². The Morgan fingerprint density at radius 1 is 1.33 bits per heavy atom. The normalized spacial score (nSPS) is 15.9. The largest absolute Gasteiger partial charge is 0.450 e. The highest BCUT2D eigenvalue weighted by Gasteiger charge is 2.31. The molecule has 0 unspecified atom stereocenters. The zero-order valence-corrected chi connectivity index (χ0v) is 12.8. The third-order valence-corrected chi connectivity index (χ3v) is 3.78. The van der Waals surface area contributed by atoms with Gasteiger partial charge in [0.2, 0.25) is 5.76 Å². The van der Waals surface area contributed by atoms with Gasteiger partial charge in [-0.3, -0.25) is 14.9 Å². The highest BCUT2D eigenvalue weighted by molar-refractivity contribution is 5.98. The van der Waals surface area contributed by atoms with Crippen LogP contribution in [-0.2, 0) is 16.0 Å². The minimum absolute atomic E-state index is 0.0293. The van der Waals surface area contributed by atoms with Gasteiger partial charge in [-0.2, -0.15) is 0 Å². The molecule has 1 atom stereocenters. The van der Waals surface area contributed by atoms with Crippen LogP contribution in [0.2, 0.25) is 0 Å². The van der Waals surface area contributed by atoms with Crippen molar-refractivity contribution in [3.8, 4) is 0 Å². The first-order valence-corrected chi connectivity index (χ1v) is 7.28. The average molecular weight is 330 g/mol. The summed E-state index contributed by atoms with van der Waals surface area (Å²) < 4.78 is 9.66. The first-order valence-electron chi connectivity index (χ1n) is 7.28. The van der Waals surface area contributed by atoms with Crippen molar-refractivity contribution >= 4 is 23.4 Å². The van der Waals surface area contributed by atoms with Crippen molar-refractivity contribution in [1.29, 1.82) is 0 Å². The summed E-state index contributed by atoms with van der Waals surface area (Å²) in [5.41, 5.74) is 1.87. The fraction of sp³-hybridized carbons (Fsp3) is 0.250. The summed E-state index contributed by atoms with van der Waals surface area (Å²) in [5, 5.41) is 10.5. The molecule has 0 N–H and O–H groups in total. The Morgan fingerprint density at radius 3 is 2.79 bits per heavy atom. The molecular weight excluding hydrogens is 316 g/mol. The average Bonchev–Trinajstić information content (AvgIpc) is 3.16. The fourth-order valence-corrected chi connectivity index (χ4v) is 2.75. The van der Waals surface area contributed by atoms with Gasteiger partial charge in [-0.1, -0.05) is 18.2 Å². The van der Waals surface area contributed by atoms with Crippen molar-refractivity contribution in [2.24, 2.45) is 0 Å². The number of carbonyl (C=O) groups excluding carboxylic acids is 2. The van der Waals surface area contributed by atoms with Crippen LogP contribution in [-0.4, -0.2) is 29.4 Å². The summed E-state index contributed by atoms with van der Waals surface area (Å²) in [4.78, 5) is 35.6. The Labute approximate surface area is 136 Å². The lowest BCUT2D eigenvalue weighted by molar-refractivity contribution is -0.402. The molecule has 0 saturated carbocycles. The zero-order chi connectivity index (χ0) is 17.3. The van der Waals surface area contributed by atoms with E-state index in [0.29, 0.717) is 0 Å². The van der Waals surface area contributed by atoms with Crippen LogP contribution in [0.5, 0.6) is 0 Å². The van der Waals surface area contributed by atoms with E-state index in [1.165, 1.54) is 0 Å². The van der Waals surface area contributed by atoms with Crippen molar-refractivity contribution in [1.82, 2.24) is 0 Å². The summed E-state index contributed by atoms with van der Waals surface area (Å²) in [5.74, 6) is -2.15. The lowest BCUT2D eigenvalue weighted by atomic mass is 10.1. The van der Waals surface area contributed by atoms with Crippen molar-refractivity contribution in [3.63, 3.8) is 0 Å². The number of benzene rings is 1. The van der Waals surface area contributed by atoms with Crippen molar-refractivity contribution < 1.29 is 23.7 Å². The number of ether oxygens (including phenoxy) is 1. The third kappa shape index (κ3) is 2.85. The number of hydrogen-bond acceptors (Lipinski definition) is 6. The van der Waals surface area contributed by atoms with Gasteiger partial charge in [0.05, 0.1) is 6.07 Å². The molecule has 0 aliphatic carbocycles. The summed E-state index contributed by atoms with van der Waals surface area (Å²) in [6, 6.07) is 9.70. The van der Waals surface area contributed by atoms with Crippen LogP contribution in [0.15, 0.2) is 40.8 Å². The van der Waals surface area contributed by atoms with Crippen LogP contribution >= 0.6 is 0 Å². The Balaban J connectivity index is 1.65. The molecular formula is C16H14N2O6. The monoisotopic (exact) mass is 330 g/mol. The van der Waals surface area contributed by atoms with E-state index in [9.17, 15) is 19.7 Å². The van der Waals surface area contributed by atoms with Crippen LogP contribution in [0.3, 0.4) is 0 Å². The maximum atomic E-state index is 12.4. The van der Waals surface area contributed by atoms with E-state index in [1.807, 2.05) is 31.2 Å². The molecule has 1 aliphatic rings. The number of carbonyl (C=O) groups is 2. The molecule has 8 nitrogen and oxygen atoms in total. The maximum Gasteiger partial charge on any atom is 0.433 e. The van der Waals surface area contributed by atoms with Gasteiger partial charge in [-0.25, -0.2) is 4.79 Å². The van der Waals surface area contributed by atoms with Gasteiger partial charge in [-0.05, 0) is 31.0 Å². The second-order valence-electron chi connectivity index (χ2n) is 5.42. The molecule has 0 spiro atoms. The second kappa shape index (κ2) is 6.15. The lowest BCUT2D eigenvalue weighted by Crippen LogP contribution is -2.38. The molecule has 3 rings (SSSR count). The van der Waals surface area contributed by atoms with Gasteiger partial charge in [0.25, 0.3) is 5.91 Å². The molecule has 8 heteroatoms. The van der Waals surface area contributed by atoms with Crippen LogP contribution in [0, 0.1) is 10.1 Å². The molecule has 2 aromatic rings. The van der Waals surface area contributed by atoms with E-state index in [4.69, 9.17) is 9.15 Å². The summed E-state index contributed by atoms with van der Waals surface area (Å²) >= 11 is 0. The molecule has 0 radical (unpaired) electrons. The van der Waals surface area contributed by atoms with E-state index in [-0.39, 0.29) is 17.7 Å². The number of hydrogen-bond donors (Lipinski definition) is 0. The molecule has 1 amide bonds. The number of furan rings is 1. The molecule has 1 aromatic carbocycles. The predicted molar refractivity (Wildman–Crippen MR) is 82.7 cm³/mol. The van der Waals surface area contributed by atoms with Crippen molar-refractivity contribution in [3.05, 3.63) is 57.8 Å². The molecule has 0 bridgehead atoms. The van der Waals surface area contributed by atoms with E-state index in [2.05, 4.69) is 0 Å². The van der Waals surface area contributed by atoms with Crippen molar-refractivity contribution in [2.75, 3.05) is 11.5 Å². The Kier molecular flexibility index (Phi) is 4.03. The molecule has 1 aromatic heterocycles. The maximum absolute atomic E-state index is 12.4. The molecule has 24 heavy (non-hydrogen) atoms. The topological polar surface area (TPSA) is 103 Å². The number of fused-ring (bicyclic) bond motifs is 1. The molecule has 2 heterocycles. The lowest BCUT2D eigenvalue weighted by Gasteiger charge is -2.22. The van der Waals surface area contributed by atoms with Gasteiger partial charge in [-0.15, -0.1) is 0 Å². The van der Waals surface area contributed by atoms with Gasteiger partial charge in [0.15, 0.2) is 6.61 Å². The van der Waals surface area contributed by atoms with E-state index in [0.717, 1.165) is 29.8 Å². The van der Waals surface area contributed by atoms with Crippen LogP contribution < -0.4 is 4.90 Å². The highest BCUT2D eigenvalue weighted by Crippen LogP contribution is 2.31. The van der Waals surface area contributed by atoms with Crippen LogP contribution in [0.25, 0.3) is 0 Å². The van der Waals surface area contributed by atoms with E-state index in [1.54, 1.807) is 4.90 Å². The number of para-hydroxylation sites is 1. The Morgan fingerprint density at radius 2 is 2.08 bits per heavy atom. The second-order valence-corrected chi connectivity index (χ2v) is 5.42. The first kappa shape index (κ1) is 15.7. The quantitative estimate of drug-likeness (QED) is 0.484. The number of amides is 1. The fourth-order valence-electron chi connectivity index (χ4n) is 2.75. The third-order valence-electron chi connectivity index (χ3n) is 3.78. The highest BCUT2D eigenvalue weighted by atomic mass is 16.7. The molecule has 0 saturated heterocycles. The number of esters is 1. The number of rotatable bonds is 4. The summed E-state index contributed by atoms with van der Waals surface area (Å²) in [6.07, 6.45) is 0.736. The first-order chi connectivity index (χ1) is 11.5. The number of nitrogens with zero attached hydrogens (tertiary/aromatic N) is 2. The van der Waals surface area contributed by atoms with Gasteiger partial charge in [0, 0.05) is 11.7 Å². The molecule has 1 aliphatic heterocycles. The Bertz CT molecular complexity index is 812. The minimum Gasteiger partial charge on any atom is -0.450 e. The minimum atomic E-state index is -0.920. The van der Waals surface area contributed by atoms with Gasteiger partial charge >= 0.3 is 11.9 Å². The van der Waals surface area contributed by atoms with Crippen LogP contribution in [0.4, 0.5) is 11.6 Å². The number of nitro groups is 1. The summed E-state index contributed by atoms with van der Waals surface area (Å²) in [7, 11) is 0. The smallest absolute Gasteiger partial charge is 0.433 e. The van der Waals surface area contributed by atoms with E-state index < -0.39 is 23.4 Å². The number of anilines is 1. The van der Waals surface area contributed by atoms with E-state index >= 15 is 0 Å². The SMILES string of the molecule is C[C@@H]1Cc2ccccc2N1C(=O)COC(=O)c1ccc([N+](=O)[O-])o1. The molecule has 124 valence electrons. The predicted octanol–water partition coefficient (Wildman–Crippen LogP) is 2.32. The Hall–Kier alpha value is -3.16. The zero-order valence-electron chi connectivity index (χ0n) is 12.8. The molecule has 0 fully saturated rings. The van der Waals surface area contributed by atoms with Crippen molar-refractivity contribution in [2.45, 2.75) is 19.4 Å². The standard InChI is InChI=1S/C16H14N2O6/c1-10-8-11-4-2-3-5-12(11)17(10)14(19)9-23-16(20)13-6-7-15(24-13)18(21)22/h2-7,10H,8-9H2,1H3/t10-/m1/s1. The van der Waals surface area contributed by atoms with Gasteiger partial charge < -0.3 is 14.1 Å². The van der Waals surface area contributed by atoms with Crippen LogP contribution in [0.1, 0.15) is 23.0 Å². The summed E-state index contributed by atoms with van der Waals surface area (Å²) in [6.45, 7) is 1.45.